The van der Waals surface area contributed by atoms with Crippen molar-refractivity contribution >= 4 is 33.2 Å². The molecule has 0 aromatic carbocycles. The molecule has 1 rings (SSSR count). The van der Waals surface area contributed by atoms with Crippen LogP contribution < -0.4 is 5.32 Å². The first-order valence-corrected chi connectivity index (χ1v) is 5.41. The summed E-state index contributed by atoms with van der Waals surface area (Å²) in [6, 6.07) is 3.37. The van der Waals surface area contributed by atoms with E-state index in [1.807, 2.05) is 6.07 Å². The Morgan fingerprint density at radius 2 is 2.46 bits per heavy atom. The minimum atomic E-state index is -0.201. The fourth-order valence-electron chi connectivity index (χ4n) is 0.777. The van der Waals surface area contributed by atoms with Gasteiger partial charge in [-0.05, 0) is 35.0 Å². The Hall–Kier alpha value is -0.390. The molecule has 1 amide bonds. The van der Waals surface area contributed by atoms with Crippen LogP contribution in [0.25, 0.3) is 0 Å². The van der Waals surface area contributed by atoms with Gasteiger partial charge in [-0.1, -0.05) is 0 Å². The van der Waals surface area contributed by atoms with Gasteiger partial charge in [-0.2, -0.15) is 0 Å². The van der Waals surface area contributed by atoms with Gasteiger partial charge in [0.2, 0.25) is 0 Å². The average Bonchev–Trinajstić information content (AvgIpc) is 2.51. The molecule has 0 saturated carbocycles. The Labute approximate surface area is 88.9 Å². The maximum absolute atomic E-state index is 11.4. The highest BCUT2D eigenvalue weighted by Crippen LogP contribution is 2.21. The van der Waals surface area contributed by atoms with Crippen LogP contribution in [0.2, 0.25) is 0 Å². The van der Waals surface area contributed by atoms with Crippen LogP contribution in [-0.2, 0) is 0 Å². The first kappa shape index (κ1) is 10.7. The normalized spacial score (nSPS) is 12.5. The molecule has 0 aliphatic rings. The first-order chi connectivity index (χ1) is 6.13. The average molecular weight is 264 g/mol. The second kappa shape index (κ2) is 4.74. The van der Waals surface area contributed by atoms with Crippen LogP contribution in [0.1, 0.15) is 16.6 Å². The summed E-state index contributed by atoms with van der Waals surface area (Å²) < 4.78 is 0.925. The highest BCUT2D eigenvalue weighted by atomic mass is 79.9. The Morgan fingerprint density at radius 1 is 1.77 bits per heavy atom. The Balaban J connectivity index is 2.58. The first-order valence-electron chi connectivity index (χ1n) is 3.80. The predicted molar refractivity (Wildman–Crippen MR) is 56.0 cm³/mol. The van der Waals surface area contributed by atoms with Crippen molar-refractivity contribution in [3.8, 4) is 0 Å². The van der Waals surface area contributed by atoms with E-state index in [0.29, 0.717) is 4.88 Å². The number of nitrogens with one attached hydrogen (secondary N) is 1. The van der Waals surface area contributed by atoms with Crippen molar-refractivity contribution in [2.24, 2.45) is 0 Å². The lowest BCUT2D eigenvalue weighted by atomic mass is 10.3. The number of halogens is 1. The molecule has 1 heterocycles. The van der Waals surface area contributed by atoms with E-state index >= 15 is 0 Å². The molecule has 0 unspecified atom stereocenters. The van der Waals surface area contributed by atoms with Gasteiger partial charge in [0.15, 0.2) is 0 Å². The third-order valence-electron chi connectivity index (χ3n) is 1.45. The molecular formula is C8H10BrNO2S. The fourth-order valence-corrected chi connectivity index (χ4v) is 2.07. The van der Waals surface area contributed by atoms with Crippen molar-refractivity contribution in [2.45, 2.75) is 13.0 Å². The molecule has 0 aliphatic heterocycles. The summed E-state index contributed by atoms with van der Waals surface area (Å²) in [6.07, 6.45) is 0. The van der Waals surface area contributed by atoms with E-state index in [4.69, 9.17) is 5.11 Å². The van der Waals surface area contributed by atoms with Crippen molar-refractivity contribution in [1.82, 2.24) is 5.32 Å². The third kappa shape index (κ3) is 3.10. The van der Waals surface area contributed by atoms with E-state index in [2.05, 4.69) is 21.2 Å². The van der Waals surface area contributed by atoms with Crippen LogP contribution in [0.3, 0.4) is 0 Å². The zero-order valence-corrected chi connectivity index (χ0v) is 9.48. The minimum absolute atomic E-state index is 0.0434. The van der Waals surface area contributed by atoms with Crippen LogP contribution in [-0.4, -0.2) is 23.7 Å². The van der Waals surface area contributed by atoms with Gasteiger partial charge in [-0.3, -0.25) is 4.79 Å². The number of rotatable bonds is 3. The summed E-state index contributed by atoms with van der Waals surface area (Å²) in [5, 5.41) is 11.4. The lowest BCUT2D eigenvalue weighted by Crippen LogP contribution is -2.34. The lowest BCUT2D eigenvalue weighted by Gasteiger charge is -2.08. The van der Waals surface area contributed by atoms with E-state index < -0.39 is 0 Å². The Bertz CT molecular complexity index is 300. The molecule has 1 aromatic rings. The molecule has 13 heavy (non-hydrogen) atoms. The largest absolute Gasteiger partial charge is 0.394 e. The molecule has 2 N–H and O–H groups in total. The minimum Gasteiger partial charge on any atom is -0.394 e. The number of aliphatic hydroxyl groups excluding tert-OH is 1. The van der Waals surface area contributed by atoms with Gasteiger partial charge in [-0.15, -0.1) is 11.3 Å². The highest BCUT2D eigenvalue weighted by molar-refractivity contribution is 9.11. The number of hydrogen-bond acceptors (Lipinski definition) is 3. The molecular weight excluding hydrogens is 254 g/mol. The summed E-state index contributed by atoms with van der Waals surface area (Å²) in [5.41, 5.74) is 0. The standard InChI is InChI=1S/C8H10BrNO2S/c1-5(4-11)10-8(12)6-2-3-7(9)13-6/h2-3,5,11H,4H2,1H3,(H,10,12)/t5-/m0/s1. The smallest absolute Gasteiger partial charge is 0.261 e. The van der Waals surface area contributed by atoms with Gasteiger partial charge >= 0.3 is 0 Å². The second-order valence-corrected chi connectivity index (χ2v) is 5.12. The van der Waals surface area contributed by atoms with Gasteiger partial charge in [0.1, 0.15) is 0 Å². The molecule has 0 fully saturated rings. The lowest BCUT2D eigenvalue weighted by molar-refractivity contribution is 0.0926. The summed E-state index contributed by atoms with van der Waals surface area (Å²) in [4.78, 5) is 12.0. The number of carbonyl (C=O) groups excluding carboxylic acids is 1. The quantitative estimate of drug-likeness (QED) is 0.871. The fraction of sp³-hybridized carbons (Fsp3) is 0.375. The maximum atomic E-state index is 11.4. The number of hydrogen-bond donors (Lipinski definition) is 2. The predicted octanol–water partition coefficient (Wildman–Crippen LogP) is 1.62. The van der Waals surface area contributed by atoms with Crippen molar-refractivity contribution in [3.05, 3.63) is 20.8 Å². The SMILES string of the molecule is C[C@@H](CO)NC(=O)c1ccc(Br)s1. The van der Waals surface area contributed by atoms with E-state index in [0.717, 1.165) is 3.79 Å². The summed E-state index contributed by atoms with van der Waals surface area (Å²) in [7, 11) is 0. The molecule has 72 valence electrons. The van der Waals surface area contributed by atoms with Crippen molar-refractivity contribution in [1.29, 1.82) is 0 Å². The zero-order chi connectivity index (χ0) is 9.84. The molecule has 0 radical (unpaired) electrons. The number of thiophene rings is 1. The van der Waals surface area contributed by atoms with Crippen LogP contribution in [0.15, 0.2) is 15.9 Å². The number of amides is 1. The molecule has 0 bridgehead atoms. The van der Waals surface area contributed by atoms with Crippen LogP contribution in [0.5, 0.6) is 0 Å². The van der Waals surface area contributed by atoms with Gasteiger partial charge in [0, 0.05) is 6.04 Å². The second-order valence-electron chi connectivity index (χ2n) is 2.66. The molecule has 0 saturated heterocycles. The van der Waals surface area contributed by atoms with Gasteiger partial charge in [0.05, 0.1) is 15.3 Å². The topological polar surface area (TPSA) is 49.3 Å². The van der Waals surface area contributed by atoms with Crippen LogP contribution in [0.4, 0.5) is 0 Å². The van der Waals surface area contributed by atoms with E-state index in [9.17, 15) is 4.79 Å². The van der Waals surface area contributed by atoms with Gasteiger partial charge < -0.3 is 10.4 Å². The zero-order valence-electron chi connectivity index (χ0n) is 7.08. The van der Waals surface area contributed by atoms with Crippen molar-refractivity contribution in [3.63, 3.8) is 0 Å². The highest BCUT2D eigenvalue weighted by Gasteiger charge is 2.10. The van der Waals surface area contributed by atoms with E-state index in [1.165, 1.54) is 11.3 Å². The van der Waals surface area contributed by atoms with Crippen molar-refractivity contribution in [2.75, 3.05) is 6.61 Å². The van der Waals surface area contributed by atoms with Gasteiger partial charge in [-0.25, -0.2) is 0 Å². The molecule has 1 atom stereocenters. The molecule has 3 nitrogen and oxygen atoms in total. The Morgan fingerprint density at radius 3 is 2.92 bits per heavy atom. The summed E-state index contributed by atoms with van der Waals surface area (Å²) in [6.45, 7) is 1.71. The summed E-state index contributed by atoms with van der Waals surface area (Å²) in [5.74, 6) is -0.141. The Kier molecular flexibility index (Phi) is 3.90. The maximum Gasteiger partial charge on any atom is 0.261 e. The van der Waals surface area contributed by atoms with Crippen LogP contribution in [0, 0.1) is 0 Å². The third-order valence-corrected chi connectivity index (χ3v) is 3.07. The molecule has 1 aromatic heterocycles. The van der Waals surface area contributed by atoms with Crippen molar-refractivity contribution < 1.29 is 9.90 Å². The molecule has 0 aliphatic carbocycles. The van der Waals surface area contributed by atoms with Crippen LogP contribution >= 0.6 is 27.3 Å². The van der Waals surface area contributed by atoms with Gasteiger partial charge in [0.25, 0.3) is 5.91 Å². The molecule has 5 heteroatoms. The number of aliphatic hydroxyl groups is 1. The summed E-state index contributed by atoms with van der Waals surface area (Å²) >= 11 is 4.64. The van der Waals surface area contributed by atoms with E-state index in [-0.39, 0.29) is 18.6 Å². The van der Waals surface area contributed by atoms with E-state index in [1.54, 1.807) is 13.0 Å². The molecule has 0 spiro atoms. The monoisotopic (exact) mass is 263 g/mol. The number of carbonyl (C=O) groups is 1.